The van der Waals surface area contributed by atoms with Crippen LogP contribution in [0.3, 0.4) is 0 Å². The second-order valence-electron chi connectivity index (χ2n) is 22.3. The summed E-state index contributed by atoms with van der Waals surface area (Å²) in [7, 11) is 0. The largest absolute Gasteiger partial charge is 0.306 e. The standard InChI is InChI=1S/C70H72N2O2S2/c1-5-9-13-15-21-45(19-11-7-3)43-71-67(59-37-35-57(75-59)55-39-51-31-27-47-23-17-24-48-28-32-52(40-55)63(51)61(47)48)65-66(69(71)73)68(72(70(65)74)44-46(20-12-8-4)22-16-14-10-6-2)60-38-36-58(76-60)56-41-53-33-29-49-25-18-26-50-30-34-54(42-56)64(53)62(49)50/h17-18,23-42,45-46H,5-16,19-22,43-44H2,1-4H3. The lowest BCUT2D eigenvalue weighted by Gasteiger charge is -2.29. The fourth-order valence-corrected chi connectivity index (χ4v) is 15.3. The van der Waals surface area contributed by atoms with E-state index in [0.717, 1.165) is 106 Å². The maximum atomic E-state index is 16.0. The van der Waals surface area contributed by atoms with Gasteiger partial charge in [0.05, 0.1) is 32.3 Å². The fourth-order valence-electron chi connectivity index (χ4n) is 13.2. The molecule has 0 spiro atoms. The van der Waals surface area contributed by atoms with Crippen molar-refractivity contribution in [3.8, 4) is 20.9 Å². The molecule has 10 aromatic rings. The summed E-state index contributed by atoms with van der Waals surface area (Å²) in [6, 6.07) is 49.5. The highest BCUT2D eigenvalue weighted by Crippen LogP contribution is 2.52. The Hall–Kier alpha value is -6.34. The Labute approximate surface area is 457 Å². The van der Waals surface area contributed by atoms with Crippen LogP contribution >= 0.6 is 22.7 Å². The number of hydrogen-bond acceptors (Lipinski definition) is 4. The zero-order chi connectivity index (χ0) is 51.9. The molecule has 2 unspecified atom stereocenters. The monoisotopic (exact) mass is 1040 g/mol. The van der Waals surface area contributed by atoms with Gasteiger partial charge in [0.1, 0.15) is 0 Å². The van der Waals surface area contributed by atoms with Gasteiger partial charge in [-0.25, -0.2) is 0 Å². The highest BCUT2D eigenvalue weighted by Gasteiger charge is 2.50. The average molecular weight is 1040 g/mol. The minimum absolute atomic E-state index is 0.00485. The number of nitrogens with zero attached hydrogens (tertiary/aromatic N) is 2. The van der Waals surface area contributed by atoms with Crippen molar-refractivity contribution >= 4 is 111 Å². The molecule has 386 valence electrons. The van der Waals surface area contributed by atoms with Crippen molar-refractivity contribution in [2.45, 2.75) is 130 Å². The molecule has 4 heterocycles. The van der Waals surface area contributed by atoms with Gasteiger partial charge in [0, 0.05) is 22.8 Å². The number of carbonyl (C=O) groups excluding carboxylic acids is 2. The molecule has 6 heteroatoms. The topological polar surface area (TPSA) is 40.6 Å². The predicted molar refractivity (Wildman–Crippen MR) is 328 cm³/mol. The van der Waals surface area contributed by atoms with Gasteiger partial charge in [0.2, 0.25) is 0 Å². The van der Waals surface area contributed by atoms with E-state index >= 15 is 9.59 Å². The van der Waals surface area contributed by atoms with Crippen molar-refractivity contribution in [1.82, 2.24) is 9.80 Å². The van der Waals surface area contributed by atoms with E-state index in [2.05, 4.69) is 171 Å². The molecule has 0 aliphatic carbocycles. The van der Waals surface area contributed by atoms with Crippen LogP contribution in [0.25, 0.3) is 96.9 Å². The molecule has 0 N–H and O–H groups in total. The van der Waals surface area contributed by atoms with E-state index in [1.54, 1.807) is 22.7 Å². The molecule has 0 radical (unpaired) electrons. The Morgan fingerprint density at radius 1 is 0.355 bits per heavy atom. The second kappa shape index (κ2) is 22.0. The zero-order valence-corrected chi connectivity index (χ0v) is 46.7. The number of benzene rings is 8. The molecule has 0 saturated heterocycles. The van der Waals surface area contributed by atoms with Crippen LogP contribution in [0.1, 0.15) is 140 Å². The van der Waals surface area contributed by atoms with Crippen molar-refractivity contribution in [3.63, 3.8) is 0 Å². The SMILES string of the molecule is CCCCCCC(CCCC)CN1C(=O)C2=C(c3ccc(-c4cc5ccc6cccc7ccc(c4)c5c67)s3)N(CC(CCCC)CCCCCC)C(=O)C2=C1c1ccc(-c2cc3ccc4cccc5ccc(c2)c3c45)s1. The summed E-state index contributed by atoms with van der Waals surface area (Å²) in [5, 5.41) is 15.2. The maximum Gasteiger partial charge on any atom is 0.261 e. The molecule has 2 atom stereocenters. The quantitative estimate of drug-likeness (QED) is 0.0447. The lowest BCUT2D eigenvalue weighted by atomic mass is 9.93. The zero-order valence-electron chi connectivity index (χ0n) is 45.1. The molecule has 2 aliphatic rings. The molecule has 12 rings (SSSR count). The van der Waals surface area contributed by atoms with Crippen molar-refractivity contribution in [2.24, 2.45) is 11.8 Å². The first kappa shape index (κ1) is 50.5. The van der Waals surface area contributed by atoms with Gasteiger partial charge in [-0.05, 0) is 162 Å². The summed E-state index contributed by atoms with van der Waals surface area (Å²) >= 11 is 3.47. The van der Waals surface area contributed by atoms with Gasteiger partial charge in [-0.15, -0.1) is 22.7 Å². The Morgan fingerprint density at radius 2 is 0.671 bits per heavy atom. The van der Waals surface area contributed by atoms with Gasteiger partial charge in [-0.3, -0.25) is 9.59 Å². The van der Waals surface area contributed by atoms with Gasteiger partial charge in [-0.2, -0.15) is 0 Å². The van der Waals surface area contributed by atoms with Crippen LogP contribution in [-0.2, 0) is 9.59 Å². The van der Waals surface area contributed by atoms with E-state index in [0.29, 0.717) is 36.1 Å². The maximum absolute atomic E-state index is 16.0. The number of fused-ring (bicyclic) bond motifs is 1. The number of rotatable bonds is 24. The van der Waals surface area contributed by atoms with E-state index in [1.807, 2.05) is 0 Å². The van der Waals surface area contributed by atoms with Crippen molar-refractivity contribution in [2.75, 3.05) is 13.1 Å². The summed E-state index contributed by atoms with van der Waals surface area (Å²) in [6.45, 7) is 10.3. The highest BCUT2D eigenvalue weighted by molar-refractivity contribution is 7.17. The van der Waals surface area contributed by atoms with Crippen LogP contribution in [0.5, 0.6) is 0 Å². The van der Waals surface area contributed by atoms with Gasteiger partial charge >= 0.3 is 0 Å². The highest BCUT2D eigenvalue weighted by atomic mass is 32.1. The molecule has 76 heavy (non-hydrogen) atoms. The smallest absolute Gasteiger partial charge is 0.261 e. The molecule has 8 aromatic carbocycles. The minimum Gasteiger partial charge on any atom is -0.306 e. The molecule has 4 nitrogen and oxygen atoms in total. The van der Waals surface area contributed by atoms with Crippen LogP contribution in [0.4, 0.5) is 0 Å². The lowest BCUT2D eigenvalue weighted by Crippen LogP contribution is -2.34. The number of thiophene rings is 2. The van der Waals surface area contributed by atoms with Crippen molar-refractivity contribution in [3.05, 3.63) is 154 Å². The first-order valence-electron chi connectivity index (χ1n) is 29.0. The lowest BCUT2D eigenvalue weighted by molar-refractivity contribution is -0.124. The summed E-state index contributed by atoms with van der Waals surface area (Å²) in [4.78, 5) is 40.5. The second-order valence-corrected chi connectivity index (χ2v) is 24.5. The predicted octanol–water partition coefficient (Wildman–Crippen LogP) is 20.3. The van der Waals surface area contributed by atoms with Gasteiger partial charge in [0.25, 0.3) is 11.8 Å². The summed E-state index contributed by atoms with van der Waals surface area (Å²) in [6.07, 6.45) is 18.4. The molecule has 2 aliphatic heterocycles. The van der Waals surface area contributed by atoms with Gasteiger partial charge in [0.15, 0.2) is 0 Å². The third kappa shape index (κ3) is 9.31. The third-order valence-corrected chi connectivity index (χ3v) is 19.4. The Kier molecular flexibility index (Phi) is 14.6. The van der Waals surface area contributed by atoms with Crippen LogP contribution in [0, 0.1) is 11.8 Å². The first-order valence-corrected chi connectivity index (χ1v) is 30.7. The Morgan fingerprint density at radius 3 is 1.03 bits per heavy atom. The van der Waals surface area contributed by atoms with E-state index in [4.69, 9.17) is 0 Å². The van der Waals surface area contributed by atoms with Gasteiger partial charge in [-0.1, -0.05) is 190 Å². The van der Waals surface area contributed by atoms with Crippen molar-refractivity contribution < 1.29 is 9.59 Å². The Bertz CT molecular complexity index is 3440. The van der Waals surface area contributed by atoms with Crippen LogP contribution in [0.2, 0.25) is 0 Å². The first-order chi connectivity index (χ1) is 37.3. The summed E-state index contributed by atoms with van der Waals surface area (Å²) < 4.78 is 0. The van der Waals surface area contributed by atoms with Gasteiger partial charge < -0.3 is 9.80 Å². The molecule has 0 bridgehead atoms. The van der Waals surface area contributed by atoms with E-state index in [9.17, 15) is 0 Å². The Balaban J connectivity index is 0.999. The fraction of sp³-hybridized carbons (Fsp3) is 0.343. The molecular weight excluding hydrogens is 965 g/mol. The molecular formula is C70H72N2O2S2. The van der Waals surface area contributed by atoms with E-state index in [1.165, 1.54) is 103 Å². The van der Waals surface area contributed by atoms with Crippen molar-refractivity contribution in [1.29, 1.82) is 0 Å². The average Bonchev–Trinajstić information content (AvgIpc) is 4.39. The summed E-state index contributed by atoms with van der Waals surface area (Å²) in [5.41, 5.74) is 5.20. The van der Waals surface area contributed by atoms with Crippen LogP contribution in [-0.4, -0.2) is 34.7 Å². The van der Waals surface area contributed by atoms with Crippen LogP contribution in [0.15, 0.2) is 145 Å². The number of hydrogen-bond donors (Lipinski definition) is 0. The van der Waals surface area contributed by atoms with Crippen LogP contribution < -0.4 is 0 Å². The number of unbranched alkanes of at least 4 members (excludes halogenated alkanes) is 8. The molecule has 0 saturated carbocycles. The molecule has 2 amide bonds. The molecule has 2 aromatic heterocycles. The third-order valence-electron chi connectivity index (χ3n) is 17.1. The normalized spacial score (nSPS) is 15.1. The van der Waals surface area contributed by atoms with E-state index < -0.39 is 0 Å². The molecule has 0 fully saturated rings. The minimum atomic E-state index is -0.00485. The summed E-state index contributed by atoms with van der Waals surface area (Å²) in [5.74, 6) is 0.677. The number of amides is 2. The van der Waals surface area contributed by atoms with E-state index in [-0.39, 0.29) is 11.8 Å². The number of carbonyl (C=O) groups is 2.